The molecular weight excluding hydrogens is 360 g/mol. The molecule has 1 fully saturated rings. The molecule has 1 aliphatic heterocycles. The number of hydrogen-bond acceptors (Lipinski definition) is 3. The number of nitrogens with one attached hydrogen (secondary N) is 1. The molecule has 3 rings (SSSR count). The lowest BCUT2D eigenvalue weighted by Crippen LogP contribution is -2.47. The van der Waals surface area contributed by atoms with E-state index >= 15 is 0 Å². The molecule has 0 aromatic heterocycles. The topological polar surface area (TPSA) is 41.6 Å². The minimum atomic E-state index is -0.467. The van der Waals surface area contributed by atoms with Gasteiger partial charge in [0.15, 0.2) is 6.10 Å². The van der Waals surface area contributed by atoms with Gasteiger partial charge in [0.1, 0.15) is 5.75 Å². The first-order valence-electron chi connectivity index (χ1n) is 9.43. The number of hydrogen-bond donors (Lipinski definition) is 1. The summed E-state index contributed by atoms with van der Waals surface area (Å²) in [4.78, 5) is 14.7. The van der Waals surface area contributed by atoms with Crippen LogP contribution in [-0.2, 0) is 4.79 Å². The molecule has 27 heavy (non-hydrogen) atoms. The van der Waals surface area contributed by atoms with Crippen molar-refractivity contribution < 1.29 is 9.53 Å². The molecule has 2 aromatic rings. The molecule has 2 aromatic carbocycles. The Balaban J connectivity index is 0.00000261. The molecule has 0 saturated carbocycles. The van der Waals surface area contributed by atoms with Gasteiger partial charge >= 0.3 is 0 Å². The molecule has 5 heteroatoms. The Morgan fingerprint density at radius 2 is 1.81 bits per heavy atom. The van der Waals surface area contributed by atoms with E-state index in [0.29, 0.717) is 5.92 Å². The standard InChI is InChI=1S/C22H28N2O2.ClH/c1-17(22(25)24-14-6-7-18(16-24)15-23-2)26-21-12-10-20(11-13-21)19-8-4-3-5-9-19;/h3-5,8-13,17-18,23H,6-7,14-16H2,1-2H3;1H. The maximum absolute atomic E-state index is 12.7. The molecule has 1 amide bonds. The largest absolute Gasteiger partial charge is 0.481 e. The van der Waals surface area contributed by atoms with Gasteiger partial charge in [-0.25, -0.2) is 0 Å². The number of benzene rings is 2. The van der Waals surface area contributed by atoms with Crippen LogP contribution < -0.4 is 10.1 Å². The molecule has 146 valence electrons. The lowest BCUT2D eigenvalue weighted by Gasteiger charge is -2.34. The molecule has 1 aliphatic rings. The molecule has 0 aliphatic carbocycles. The fourth-order valence-corrected chi connectivity index (χ4v) is 3.59. The summed E-state index contributed by atoms with van der Waals surface area (Å²) in [6.45, 7) is 4.45. The summed E-state index contributed by atoms with van der Waals surface area (Å²) in [6.07, 6.45) is 1.78. The Hall–Kier alpha value is -2.04. The third-order valence-electron chi connectivity index (χ3n) is 4.95. The van der Waals surface area contributed by atoms with E-state index in [1.54, 1.807) is 0 Å². The average molecular weight is 389 g/mol. The van der Waals surface area contributed by atoms with Gasteiger partial charge in [0.05, 0.1) is 0 Å². The SMILES string of the molecule is CNCC1CCCN(C(=O)C(C)Oc2ccc(-c3ccccc3)cc2)C1.Cl. The summed E-state index contributed by atoms with van der Waals surface area (Å²) in [5.74, 6) is 1.35. The van der Waals surface area contributed by atoms with Crippen LogP contribution in [0.2, 0.25) is 0 Å². The number of piperidine rings is 1. The van der Waals surface area contributed by atoms with E-state index in [2.05, 4.69) is 17.4 Å². The van der Waals surface area contributed by atoms with Gasteiger partial charge in [-0.1, -0.05) is 42.5 Å². The van der Waals surface area contributed by atoms with Crippen LogP contribution in [0.1, 0.15) is 19.8 Å². The average Bonchev–Trinajstić information content (AvgIpc) is 2.69. The van der Waals surface area contributed by atoms with Crippen molar-refractivity contribution in [2.45, 2.75) is 25.9 Å². The zero-order valence-corrected chi connectivity index (χ0v) is 16.9. The molecule has 1 N–H and O–H groups in total. The summed E-state index contributed by atoms with van der Waals surface area (Å²) in [7, 11) is 1.96. The second-order valence-electron chi connectivity index (χ2n) is 7.00. The summed E-state index contributed by atoms with van der Waals surface area (Å²) < 4.78 is 5.91. The van der Waals surface area contributed by atoms with Gasteiger partial charge in [0.25, 0.3) is 5.91 Å². The van der Waals surface area contributed by atoms with Gasteiger partial charge in [0, 0.05) is 13.1 Å². The smallest absolute Gasteiger partial charge is 0.263 e. The van der Waals surface area contributed by atoms with Crippen LogP contribution in [0.4, 0.5) is 0 Å². The second kappa shape index (κ2) is 10.3. The third kappa shape index (κ3) is 5.72. The molecule has 2 atom stereocenters. The number of rotatable bonds is 6. The van der Waals surface area contributed by atoms with E-state index in [1.165, 1.54) is 12.0 Å². The van der Waals surface area contributed by atoms with Crippen molar-refractivity contribution in [3.05, 3.63) is 54.6 Å². The lowest BCUT2D eigenvalue weighted by atomic mass is 9.97. The van der Waals surface area contributed by atoms with Crippen molar-refractivity contribution >= 4 is 18.3 Å². The van der Waals surface area contributed by atoms with Gasteiger partial charge in [0.2, 0.25) is 0 Å². The van der Waals surface area contributed by atoms with Crippen LogP contribution in [0.25, 0.3) is 11.1 Å². The van der Waals surface area contributed by atoms with Crippen LogP contribution >= 0.6 is 12.4 Å². The maximum Gasteiger partial charge on any atom is 0.263 e. The number of ether oxygens (including phenoxy) is 1. The number of nitrogens with zero attached hydrogens (tertiary/aromatic N) is 1. The Kier molecular flexibility index (Phi) is 8.14. The molecule has 1 heterocycles. The highest BCUT2D eigenvalue weighted by molar-refractivity contribution is 5.85. The molecule has 1 saturated heterocycles. The zero-order chi connectivity index (χ0) is 18.4. The normalized spacial score (nSPS) is 17.7. The first-order chi connectivity index (χ1) is 12.7. The highest BCUT2D eigenvalue weighted by Gasteiger charge is 2.27. The second-order valence-corrected chi connectivity index (χ2v) is 7.00. The number of carbonyl (C=O) groups is 1. The summed E-state index contributed by atoms with van der Waals surface area (Å²) in [6, 6.07) is 18.2. The van der Waals surface area contributed by atoms with Crippen molar-refractivity contribution in [1.29, 1.82) is 0 Å². The van der Waals surface area contributed by atoms with E-state index in [1.807, 2.05) is 61.3 Å². The van der Waals surface area contributed by atoms with Crippen molar-refractivity contribution in [3.63, 3.8) is 0 Å². The summed E-state index contributed by atoms with van der Waals surface area (Å²) >= 11 is 0. The Labute approximate surface area is 168 Å². The minimum Gasteiger partial charge on any atom is -0.481 e. The Morgan fingerprint density at radius 3 is 2.48 bits per heavy atom. The summed E-state index contributed by atoms with van der Waals surface area (Å²) in [5, 5.41) is 3.22. The van der Waals surface area contributed by atoms with E-state index in [-0.39, 0.29) is 18.3 Å². The predicted octanol–water partition coefficient (Wildman–Crippen LogP) is 4.00. The quantitative estimate of drug-likeness (QED) is 0.813. The number of likely N-dealkylation sites (tertiary alicyclic amines) is 1. The molecular formula is C22H29ClN2O2. The van der Waals surface area contributed by atoms with Crippen LogP contribution in [0.3, 0.4) is 0 Å². The highest BCUT2D eigenvalue weighted by Crippen LogP contribution is 2.23. The predicted molar refractivity (Wildman–Crippen MR) is 112 cm³/mol. The molecule has 2 unspecified atom stereocenters. The Morgan fingerprint density at radius 1 is 1.15 bits per heavy atom. The summed E-state index contributed by atoms with van der Waals surface area (Å²) in [5.41, 5.74) is 2.31. The van der Waals surface area contributed by atoms with E-state index < -0.39 is 6.10 Å². The van der Waals surface area contributed by atoms with Crippen molar-refractivity contribution in [2.24, 2.45) is 5.92 Å². The van der Waals surface area contributed by atoms with E-state index in [4.69, 9.17) is 4.74 Å². The van der Waals surface area contributed by atoms with Gasteiger partial charge in [-0.15, -0.1) is 12.4 Å². The minimum absolute atomic E-state index is 0. The number of carbonyl (C=O) groups excluding carboxylic acids is 1. The zero-order valence-electron chi connectivity index (χ0n) is 16.1. The first-order valence-corrected chi connectivity index (χ1v) is 9.43. The molecule has 0 spiro atoms. The molecule has 0 radical (unpaired) electrons. The van der Waals surface area contributed by atoms with Crippen molar-refractivity contribution in [1.82, 2.24) is 10.2 Å². The fraction of sp³-hybridized carbons (Fsp3) is 0.409. The maximum atomic E-state index is 12.7. The van der Waals surface area contributed by atoms with Crippen molar-refractivity contribution in [3.8, 4) is 16.9 Å². The van der Waals surface area contributed by atoms with Crippen LogP contribution in [0.15, 0.2) is 54.6 Å². The van der Waals surface area contributed by atoms with Crippen molar-refractivity contribution in [2.75, 3.05) is 26.7 Å². The van der Waals surface area contributed by atoms with Gasteiger partial charge < -0.3 is 15.0 Å². The van der Waals surface area contributed by atoms with E-state index in [0.717, 1.165) is 37.4 Å². The molecule has 0 bridgehead atoms. The van der Waals surface area contributed by atoms with Crippen LogP contribution in [0, 0.1) is 5.92 Å². The Bertz CT molecular complexity index is 704. The van der Waals surface area contributed by atoms with E-state index in [9.17, 15) is 4.79 Å². The van der Waals surface area contributed by atoms with Gasteiger partial charge in [-0.2, -0.15) is 0 Å². The monoisotopic (exact) mass is 388 g/mol. The first kappa shape index (κ1) is 21.3. The lowest BCUT2D eigenvalue weighted by molar-refractivity contribution is -0.139. The number of halogens is 1. The fourth-order valence-electron chi connectivity index (χ4n) is 3.59. The van der Waals surface area contributed by atoms with Gasteiger partial charge in [-0.05, 0) is 62.5 Å². The van der Waals surface area contributed by atoms with Crippen LogP contribution in [-0.4, -0.2) is 43.6 Å². The highest BCUT2D eigenvalue weighted by atomic mass is 35.5. The van der Waals surface area contributed by atoms with Crippen LogP contribution in [0.5, 0.6) is 5.75 Å². The van der Waals surface area contributed by atoms with Gasteiger partial charge in [-0.3, -0.25) is 4.79 Å². The number of amides is 1. The molecule has 4 nitrogen and oxygen atoms in total. The third-order valence-corrected chi connectivity index (χ3v) is 4.95.